The third-order valence-electron chi connectivity index (χ3n) is 3.14. The number of hydrogen-bond donors (Lipinski definition) is 2. The second kappa shape index (κ2) is 5.93. The van der Waals surface area contributed by atoms with E-state index in [2.05, 4.69) is 16.9 Å². The fourth-order valence-corrected chi connectivity index (χ4v) is 2.14. The first-order valence-electron chi connectivity index (χ1n) is 6.36. The van der Waals surface area contributed by atoms with Gasteiger partial charge >= 0.3 is 0 Å². The number of halogens is 2. The minimum Gasteiger partial charge on any atom is -0.342 e. The number of rotatable bonds is 5. The molecule has 0 radical (unpaired) electrons. The molecule has 0 amide bonds. The van der Waals surface area contributed by atoms with Crippen LogP contribution < -0.4 is 5.73 Å². The summed E-state index contributed by atoms with van der Waals surface area (Å²) in [4.78, 5) is 7.17. The van der Waals surface area contributed by atoms with E-state index in [0.717, 1.165) is 12.8 Å². The molecule has 1 aromatic heterocycles. The summed E-state index contributed by atoms with van der Waals surface area (Å²) in [6, 6.07) is 3.79. The Balaban J connectivity index is 2.35. The number of benzene rings is 1. The Morgan fingerprint density at radius 1 is 1.32 bits per heavy atom. The van der Waals surface area contributed by atoms with Crippen molar-refractivity contribution in [1.82, 2.24) is 9.97 Å². The van der Waals surface area contributed by atoms with Crippen LogP contribution in [0.1, 0.15) is 31.5 Å². The van der Waals surface area contributed by atoms with Crippen molar-refractivity contribution in [2.24, 2.45) is 5.73 Å². The van der Waals surface area contributed by atoms with Crippen LogP contribution in [0.2, 0.25) is 0 Å². The molecule has 0 saturated carbocycles. The van der Waals surface area contributed by atoms with E-state index in [9.17, 15) is 8.78 Å². The second-order valence-corrected chi connectivity index (χ2v) is 4.50. The van der Waals surface area contributed by atoms with E-state index in [1.807, 2.05) is 0 Å². The zero-order chi connectivity index (χ0) is 13.8. The smallest absolute Gasteiger partial charge is 0.135 e. The van der Waals surface area contributed by atoms with Gasteiger partial charge in [0.05, 0.1) is 17.5 Å². The number of hydrogen-bond acceptors (Lipinski definition) is 2. The molecule has 0 spiro atoms. The van der Waals surface area contributed by atoms with Gasteiger partial charge in [0, 0.05) is 12.5 Å². The maximum atomic E-state index is 13.7. The van der Waals surface area contributed by atoms with E-state index >= 15 is 0 Å². The summed E-state index contributed by atoms with van der Waals surface area (Å²) in [5.74, 6) is -0.430. The lowest BCUT2D eigenvalue weighted by Gasteiger charge is -2.10. The molecule has 1 aromatic carbocycles. The molecule has 0 aliphatic heterocycles. The summed E-state index contributed by atoms with van der Waals surface area (Å²) >= 11 is 0. The van der Waals surface area contributed by atoms with Gasteiger partial charge in [-0.3, -0.25) is 0 Å². The van der Waals surface area contributed by atoms with E-state index < -0.39 is 11.6 Å². The number of aromatic nitrogens is 2. The second-order valence-electron chi connectivity index (χ2n) is 4.50. The predicted molar refractivity (Wildman–Crippen MR) is 70.6 cm³/mol. The minimum absolute atomic E-state index is 0.0754. The fraction of sp³-hybridized carbons (Fsp3) is 0.357. The average molecular weight is 265 g/mol. The molecule has 5 heteroatoms. The van der Waals surface area contributed by atoms with E-state index in [1.54, 1.807) is 0 Å². The van der Waals surface area contributed by atoms with Crippen LogP contribution in [-0.4, -0.2) is 16.5 Å². The minimum atomic E-state index is -0.602. The zero-order valence-electron chi connectivity index (χ0n) is 10.8. The lowest BCUT2D eigenvalue weighted by atomic mass is 10.0. The maximum absolute atomic E-state index is 13.7. The van der Waals surface area contributed by atoms with Crippen LogP contribution in [-0.2, 0) is 0 Å². The Hall–Kier alpha value is -1.75. The first-order chi connectivity index (χ1) is 9.17. The van der Waals surface area contributed by atoms with E-state index in [0.29, 0.717) is 18.1 Å². The molecule has 19 heavy (non-hydrogen) atoms. The first kappa shape index (κ1) is 13.7. The van der Waals surface area contributed by atoms with Gasteiger partial charge in [-0.2, -0.15) is 0 Å². The van der Waals surface area contributed by atoms with Gasteiger partial charge in [0.25, 0.3) is 0 Å². The highest BCUT2D eigenvalue weighted by Gasteiger charge is 2.17. The Kier molecular flexibility index (Phi) is 4.27. The lowest BCUT2D eigenvalue weighted by molar-refractivity contribution is 0.586. The normalized spacial score (nSPS) is 12.6. The molecule has 1 unspecified atom stereocenters. The summed E-state index contributed by atoms with van der Waals surface area (Å²) in [7, 11) is 0. The van der Waals surface area contributed by atoms with E-state index in [1.165, 1.54) is 24.4 Å². The number of imidazole rings is 1. The van der Waals surface area contributed by atoms with Gasteiger partial charge in [-0.1, -0.05) is 19.4 Å². The van der Waals surface area contributed by atoms with Gasteiger partial charge in [0.1, 0.15) is 17.5 Å². The number of nitrogens with one attached hydrogen (secondary N) is 1. The van der Waals surface area contributed by atoms with Crippen molar-refractivity contribution in [1.29, 1.82) is 0 Å². The van der Waals surface area contributed by atoms with Crippen LogP contribution in [0.15, 0.2) is 24.4 Å². The van der Waals surface area contributed by atoms with Gasteiger partial charge in [-0.05, 0) is 18.6 Å². The fourth-order valence-electron chi connectivity index (χ4n) is 2.14. The molecule has 2 rings (SSSR count). The molecule has 0 aliphatic rings. The number of nitrogens with zero attached hydrogens (tertiary/aromatic N) is 1. The highest BCUT2D eigenvalue weighted by Crippen LogP contribution is 2.26. The number of aromatic amines is 1. The number of H-pyrrole nitrogens is 1. The van der Waals surface area contributed by atoms with Gasteiger partial charge in [-0.15, -0.1) is 0 Å². The molecule has 3 N–H and O–H groups in total. The molecular weight excluding hydrogens is 248 g/mol. The van der Waals surface area contributed by atoms with Gasteiger partial charge < -0.3 is 10.7 Å². The summed E-state index contributed by atoms with van der Waals surface area (Å²) in [6.45, 7) is 2.52. The Labute approximate surface area is 110 Å². The van der Waals surface area contributed by atoms with Crippen molar-refractivity contribution >= 4 is 0 Å². The maximum Gasteiger partial charge on any atom is 0.135 e. The summed E-state index contributed by atoms with van der Waals surface area (Å²) in [5, 5.41) is 0. The average Bonchev–Trinajstić information content (AvgIpc) is 2.85. The van der Waals surface area contributed by atoms with Crippen LogP contribution in [0.4, 0.5) is 8.78 Å². The first-order valence-corrected chi connectivity index (χ1v) is 6.36. The highest BCUT2D eigenvalue weighted by molar-refractivity contribution is 5.60. The van der Waals surface area contributed by atoms with Gasteiger partial charge in [-0.25, -0.2) is 13.8 Å². The van der Waals surface area contributed by atoms with Crippen molar-refractivity contribution in [2.45, 2.75) is 25.7 Å². The monoisotopic (exact) mass is 265 g/mol. The molecule has 2 aromatic rings. The molecule has 0 aliphatic carbocycles. The predicted octanol–water partition coefficient (Wildman–Crippen LogP) is 3.20. The van der Waals surface area contributed by atoms with Gasteiger partial charge in [0.15, 0.2) is 0 Å². The Morgan fingerprint density at radius 3 is 2.58 bits per heavy atom. The SMILES string of the molecule is CCCC(CN)c1ncc(-c2c(F)cccc2F)[nH]1. The van der Waals surface area contributed by atoms with Gasteiger partial charge in [0.2, 0.25) is 0 Å². The molecule has 0 fully saturated rings. The van der Waals surface area contributed by atoms with E-state index in [-0.39, 0.29) is 11.5 Å². The third-order valence-corrected chi connectivity index (χ3v) is 3.14. The summed E-state index contributed by atoms with van der Waals surface area (Å²) in [5.41, 5.74) is 5.96. The van der Waals surface area contributed by atoms with Crippen LogP contribution in [0.3, 0.4) is 0 Å². The molecule has 1 heterocycles. The molecule has 0 saturated heterocycles. The largest absolute Gasteiger partial charge is 0.342 e. The third kappa shape index (κ3) is 2.81. The topological polar surface area (TPSA) is 54.7 Å². The Bertz CT molecular complexity index is 531. The quantitative estimate of drug-likeness (QED) is 0.872. The van der Waals surface area contributed by atoms with Crippen LogP contribution in [0.5, 0.6) is 0 Å². The molecule has 3 nitrogen and oxygen atoms in total. The molecule has 1 atom stereocenters. The van der Waals surface area contributed by atoms with Crippen molar-refractivity contribution in [2.75, 3.05) is 6.54 Å². The molecule has 102 valence electrons. The zero-order valence-corrected chi connectivity index (χ0v) is 10.8. The Morgan fingerprint density at radius 2 is 2.00 bits per heavy atom. The van der Waals surface area contributed by atoms with Crippen LogP contribution in [0, 0.1) is 11.6 Å². The van der Waals surface area contributed by atoms with E-state index in [4.69, 9.17) is 5.73 Å². The lowest BCUT2D eigenvalue weighted by Crippen LogP contribution is -2.13. The van der Waals surface area contributed by atoms with Crippen molar-refractivity contribution in [3.05, 3.63) is 41.9 Å². The van der Waals surface area contributed by atoms with Crippen molar-refractivity contribution < 1.29 is 8.78 Å². The number of nitrogens with two attached hydrogens (primary N) is 1. The van der Waals surface area contributed by atoms with Crippen LogP contribution in [0.25, 0.3) is 11.3 Å². The molecular formula is C14H17F2N3. The van der Waals surface area contributed by atoms with Crippen molar-refractivity contribution in [3.63, 3.8) is 0 Å². The highest BCUT2D eigenvalue weighted by atomic mass is 19.1. The molecule has 0 bridgehead atoms. The van der Waals surface area contributed by atoms with Crippen molar-refractivity contribution in [3.8, 4) is 11.3 Å². The van der Waals surface area contributed by atoms with Crippen LogP contribution >= 0.6 is 0 Å². The summed E-state index contributed by atoms with van der Waals surface area (Å²) in [6.07, 6.45) is 3.32. The summed E-state index contributed by atoms with van der Waals surface area (Å²) < 4.78 is 27.3. The standard InChI is InChI=1S/C14H17F2N3/c1-2-4-9(7-17)14-18-8-12(19-14)13-10(15)5-3-6-11(13)16/h3,5-6,8-9H,2,4,7,17H2,1H3,(H,18,19).